The molecule has 0 amide bonds. The Morgan fingerprint density at radius 1 is 0.296 bits per heavy atom. The van der Waals surface area contributed by atoms with Crippen LogP contribution in [0.1, 0.15) is 0 Å². The molecule has 1 heterocycles. The highest BCUT2D eigenvalue weighted by atomic mass is 16.3. The zero-order valence-corrected chi connectivity index (χ0v) is 29.6. The van der Waals surface area contributed by atoms with Crippen molar-refractivity contribution in [3.8, 4) is 44.5 Å². The second-order valence-corrected chi connectivity index (χ2v) is 13.7. The molecule has 1 aromatic heterocycles. The van der Waals surface area contributed by atoms with Gasteiger partial charge in [0.15, 0.2) is 0 Å². The number of hydrogen-bond donors (Lipinski definition) is 0. The van der Waals surface area contributed by atoms with Gasteiger partial charge in [0.2, 0.25) is 0 Å². The number of nitrogens with zero attached hydrogens (tertiary/aromatic N) is 1. The maximum atomic E-state index is 6.98. The van der Waals surface area contributed by atoms with E-state index in [-0.39, 0.29) is 0 Å². The fraction of sp³-hybridized carbons (Fsp3) is 0. The molecule has 0 fully saturated rings. The number of anilines is 3. The van der Waals surface area contributed by atoms with E-state index < -0.39 is 0 Å². The number of hydrogen-bond acceptors (Lipinski definition) is 2. The highest BCUT2D eigenvalue weighted by molar-refractivity contribution is 6.22. The van der Waals surface area contributed by atoms with Crippen molar-refractivity contribution in [1.29, 1.82) is 0 Å². The van der Waals surface area contributed by atoms with Crippen LogP contribution in [0.3, 0.4) is 0 Å². The van der Waals surface area contributed by atoms with Crippen LogP contribution in [0, 0.1) is 0 Å². The van der Waals surface area contributed by atoms with Crippen LogP contribution in [0.25, 0.3) is 77.2 Å². The molecule has 2 heteroatoms. The number of furan rings is 1. The Morgan fingerprint density at radius 3 is 1.28 bits per heavy atom. The first-order valence-electron chi connectivity index (χ1n) is 18.4. The van der Waals surface area contributed by atoms with Crippen LogP contribution in [-0.4, -0.2) is 0 Å². The number of benzene rings is 9. The summed E-state index contributed by atoms with van der Waals surface area (Å²) in [6.07, 6.45) is 0. The van der Waals surface area contributed by atoms with Gasteiger partial charge in [0.1, 0.15) is 11.2 Å². The zero-order valence-electron chi connectivity index (χ0n) is 29.6. The first-order valence-corrected chi connectivity index (χ1v) is 18.4. The average molecular weight is 690 g/mol. The largest absolute Gasteiger partial charge is 0.455 e. The predicted octanol–water partition coefficient (Wildman–Crippen LogP) is 14.9. The van der Waals surface area contributed by atoms with E-state index in [1.54, 1.807) is 0 Å². The van der Waals surface area contributed by atoms with E-state index in [9.17, 15) is 0 Å². The molecule has 0 aliphatic carbocycles. The normalized spacial score (nSPS) is 11.3. The second kappa shape index (κ2) is 13.4. The monoisotopic (exact) mass is 689 g/mol. The van der Waals surface area contributed by atoms with E-state index in [1.165, 1.54) is 33.4 Å². The highest BCUT2D eigenvalue weighted by Gasteiger charge is 2.23. The average Bonchev–Trinajstić information content (AvgIpc) is 3.66. The summed E-state index contributed by atoms with van der Waals surface area (Å²) in [5.74, 6) is 0. The van der Waals surface area contributed by atoms with E-state index in [4.69, 9.17) is 4.42 Å². The molecule has 0 aliphatic heterocycles. The molecule has 0 radical (unpaired) electrons. The molecule has 0 bridgehead atoms. The molecule has 0 saturated carbocycles. The van der Waals surface area contributed by atoms with Gasteiger partial charge in [0.05, 0.1) is 11.1 Å². The third-order valence-corrected chi connectivity index (χ3v) is 10.5. The van der Waals surface area contributed by atoms with Gasteiger partial charge in [0.25, 0.3) is 0 Å². The Kier molecular flexibility index (Phi) is 7.85. The third-order valence-electron chi connectivity index (χ3n) is 10.5. The lowest BCUT2D eigenvalue weighted by molar-refractivity contribution is 0.674. The molecule has 10 rings (SSSR count). The van der Waals surface area contributed by atoms with Gasteiger partial charge < -0.3 is 9.32 Å². The molecule has 10 aromatic rings. The maximum Gasteiger partial charge on any atom is 0.145 e. The molecule has 0 unspecified atom stereocenters. The number of rotatable bonds is 7. The van der Waals surface area contributed by atoms with E-state index in [2.05, 4.69) is 217 Å². The van der Waals surface area contributed by atoms with Gasteiger partial charge in [-0.15, -0.1) is 0 Å². The van der Waals surface area contributed by atoms with Crippen molar-refractivity contribution in [2.45, 2.75) is 0 Å². The quantitative estimate of drug-likeness (QED) is 0.166. The van der Waals surface area contributed by atoms with Crippen LogP contribution in [-0.2, 0) is 0 Å². The van der Waals surface area contributed by atoms with Crippen LogP contribution in [0.5, 0.6) is 0 Å². The number of fused-ring (bicyclic) bond motifs is 5. The van der Waals surface area contributed by atoms with Crippen molar-refractivity contribution in [1.82, 2.24) is 0 Å². The van der Waals surface area contributed by atoms with Crippen LogP contribution in [0.2, 0.25) is 0 Å². The topological polar surface area (TPSA) is 16.4 Å². The first-order chi connectivity index (χ1) is 26.8. The molecule has 254 valence electrons. The summed E-state index contributed by atoms with van der Waals surface area (Å²) in [6, 6.07) is 75.7. The summed E-state index contributed by atoms with van der Waals surface area (Å²) in [6.45, 7) is 0. The Balaban J connectivity index is 1.15. The minimum Gasteiger partial charge on any atom is -0.455 e. The zero-order chi connectivity index (χ0) is 35.8. The SMILES string of the molecule is c1ccc(-c2ccc(-c3ccc(N(c4ccc(-c5ccccc5)cc4)c4ccc(-c5ccccc5)c5oc6c7ccccc7ccc6c45)cc3)cc2)cc1. The van der Waals surface area contributed by atoms with Crippen molar-refractivity contribution in [3.63, 3.8) is 0 Å². The third kappa shape index (κ3) is 5.62. The van der Waals surface area contributed by atoms with E-state index in [0.29, 0.717) is 0 Å². The van der Waals surface area contributed by atoms with E-state index >= 15 is 0 Å². The lowest BCUT2D eigenvalue weighted by Gasteiger charge is -2.27. The molecule has 0 atom stereocenters. The summed E-state index contributed by atoms with van der Waals surface area (Å²) in [5.41, 5.74) is 14.3. The lowest BCUT2D eigenvalue weighted by atomic mass is 9.98. The van der Waals surface area contributed by atoms with Crippen molar-refractivity contribution in [3.05, 3.63) is 212 Å². The summed E-state index contributed by atoms with van der Waals surface area (Å²) in [7, 11) is 0. The van der Waals surface area contributed by atoms with Crippen molar-refractivity contribution < 1.29 is 4.42 Å². The van der Waals surface area contributed by atoms with Crippen molar-refractivity contribution >= 4 is 49.8 Å². The Morgan fingerprint density at radius 2 is 0.741 bits per heavy atom. The molecular weight excluding hydrogens is 655 g/mol. The van der Waals surface area contributed by atoms with Crippen LogP contribution < -0.4 is 4.90 Å². The lowest BCUT2D eigenvalue weighted by Crippen LogP contribution is -2.10. The van der Waals surface area contributed by atoms with Crippen molar-refractivity contribution in [2.75, 3.05) is 4.90 Å². The standard InChI is InChI=1S/C52H35NO/c1-4-12-36(13-5-1)38-20-22-39(23-21-38)41-26-31-45(32-27-41)53(44-29-24-40(25-30-44)37-14-6-2-7-15-37)49-35-34-47(42-16-8-3-9-17-42)52-50(49)48-33-28-43-18-10-11-19-46(43)51(48)54-52/h1-35H. The van der Waals surface area contributed by atoms with Gasteiger partial charge in [-0.2, -0.15) is 0 Å². The second-order valence-electron chi connectivity index (χ2n) is 13.7. The van der Waals surface area contributed by atoms with Gasteiger partial charge in [-0.25, -0.2) is 0 Å². The highest BCUT2D eigenvalue weighted by Crippen LogP contribution is 2.47. The molecule has 54 heavy (non-hydrogen) atoms. The molecule has 0 saturated heterocycles. The molecule has 2 nitrogen and oxygen atoms in total. The van der Waals surface area contributed by atoms with Crippen molar-refractivity contribution in [2.24, 2.45) is 0 Å². The smallest absolute Gasteiger partial charge is 0.145 e. The van der Waals surface area contributed by atoms with E-state index in [1.807, 2.05) is 0 Å². The van der Waals surface area contributed by atoms with Gasteiger partial charge in [0, 0.05) is 27.7 Å². The Hall–Kier alpha value is -7.16. The summed E-state index contributed by atoms with van der Waals surface area (Å²) < 4.78 is 6.98. The van der Waals surface area contributed by atoms with Crippen LogP contribution in [0.4, 0.5) is 17.1 Å². The maximum absolute atomic E-state index is 6.98. The fourth-order valence-corrected chi connectivity index (χ4v) is 7.77. The minimum absolute atomic E-state index is 0.881. The van der Waals surface area contributed by atoms with E-state index in [0.717, 1.165) is 60.9 Å². The van der Waals surface area contributed by atoms with Gasteiger partial charge in [-0.1, -0.05) is 170 Å². The van der Waals surface area contributed by atoms with Crippen LogP contribution in [0.15, 0.2) is 217 Å². The minimum atomic E-state index is 0.881. The molecule has 0 spiro atoms. The summed E-state index contributed by atoms with van der Waals surface area (Å²) in [4.78, 5) is 2.37. The fourth-order valence-electron chi connectivity index (χ4n) is 7.77. The summed E-state index contributed by atoms with van der Waals surface area (Å²) in [5, 5.41) is 4.45. The molecule has 9 aromatic carbocycles. The molecule has 0 aliphatic rings. The van der Waals surface area contributed by atoms with Crippen LogP contribution >= 0.6 is 0 Å². The van der Waals surface area contributed by atoms with Gasteiger partial charge in [-0.3, -0.25) is 0 Å². The molecule has 0 N–H and O–H groups in total. The van der Waals surface area contributed by atoms with Gasteiger partial charge >= 0.3 is 0 Å². The predicted molar refractivity (Wildman–Crippen MR) is 228 cm³/mol. The Bertz CT molecular complexity index is 2880. The summed E-state index contributed by atoms with van der Waals surface area (Å²) >= 11 is 0. The molecular formula is C52H35NO. The Labute approximate surface area is 314 Å². The first kappa shape index (κ1) is 31.6. The van der Waals surface area contributed by atoms with Gasteiger partial charge in [-0.05, 0) is 86.8 Å².